The lowest BCUT2D eigenvalue weighted by Crippen LogP contribution is -2.17. The molecule has 0 bridgehead atoms. The summed E-state index contributed by atoms with van der Waals surface area (Å²) in [6, 6.07) is 7.83. The molecule has 1 aromatic carbocycles. The second kappa shape index (κ2) is 7.04. The number of anilines is 1. The number of hydrogen-bond acceptors (Lipinski definition) is 3. The van der Waals surface area contributed by atoms with Crippen molar-refractivity contribution in [2.75, 3.05) is 11.9 Å². The molecule has 1 aromatic rings. The normalized spacial score (nSPS) is 12.3. The zero-order valence-electron chi connectivity index (χ0n) is 11.7. The summed E-state index contributed by atoms with van der Waals surface area (Å²) in [5.41, 5.74) is 1.46. The van der Waals surface area contributed by atoms with Crippen LogP contribution in [0.25, 0.3) is 0 Å². The molecular weight excluding hydrogens is 226 g/mol. The van der Waals surface area contributed by atoms with Crippen LogP contribution in [0.15, 0.2) is 24.3 Å². The molecule has 1 N–H and O–H groups in total. The lowest BCUT2D eigenvalue weighted by molar-refractivity contribution is 0.0460. The highest BCUT2D eigenvalue weighted by Crippen LogP contribution is 2.18. The molecular formula is C15H23NO2. The molecule has 0 aliphatic rings. The second-order valence-corrected chi connectivity index (χ2v) is 4.99. The molecule has 0 fully saturated rings. The zero-order valence-corrected chi connectivity index (χ0v) is 11.7. The Morgan fingerprint density at radius 1 is 1.28 bits per heavy atom. The summed E-state index contributed by atoms with van der Waals surface area (Å²) < 4.78 is 5.27. The minimum Gasteiger partial charge on any atom is -0.462 e. The molecule has 0 saturated carbocycles. The van der Waals surface area contributed by atoms with E-state index in [2.05, 4.69) is 19.2 Å². The number of para-hydroxylation sites is 1. The highest BCUT2D eigenvalue weighted by atomic mass is 16.5. The van der Waals surface area contributed by atoms with Crippen LogP contribution < -0.4 is 5.32 Å². The van der Waals surface area contributed by atoms with Crippen LogP contribution in [-0.4, -0.2) is 18.6 Å². The molecule has 100 valence electrons. The van der Waals surface area contributed by atoms with Gasteiger partial charge in [0.15, 0.2) is 0 Å². The molecule has 0 aliphatic heterocycles. The minimum atomic E-state index is -0.255. The smallest absolute Gasteiger partial charge is 0.340 e. The van der Waals surface area contributed by atoms with Gasteiger partial charge in [-0.05, 0) is 31.4 Å². The maximum atomic E-state index is 12.0. The fourth-order valence-corrected chi connectivity index (χ4v) is 1.47. The molecule has 0 saturated heterocycles. The molecule has 1 unspecified atom stereocenters. The maximum Gasteiger partial charge on any atom is 0.340 e. The first-order valence-corrected chi connectivity index (χ1v) is 6.57. The van der Waals surface area contributed by atoms with Crippen molar-refractivity contribution in [1.29, 1.82) is 0 Å². The lowest BCUT2D eigenvalue weighted by Gasteiger charge is -2.16. The van der Waals surface area contributed by atoms with E-state index in [1.165, 1.54) is 0 Å². The Morgan fingerprint density at radius 3 is 2.56 bits per heavy atom. The van der Waals surface area contributed by atoms with Crippen molar-refractivity contribution < 1.29 is 9.53 Å². The Labute approximate surface area is 110 Å². The Hall–Kier alpha value is -1.51. The monoisotopic (exact) mass is 249 g/mol. The number of rotatable bonds is 6. The number of hydrogen-bond donors (Lipinski definition) is 1. The minimum absolute atomic E-state index is 0.255. The van der Waals surface area contributed by atoms with E-state index in [9.17, 15) is 4.79 Å². The number of carbonyl (C=O) groups is 1. The van der Waals surface area contributed by atoms with Gasteiger partial charge < -0.3 is 10.1 Å². The molecule has 0 aromatic heterocycles. The molecule has 1 rings (SSSR count). The highest BCUT2D eigenvalue weighted by molar-refractivity contribution is 5.95. The molecule has 1 atom stereocenters. The van der Waals surface area contributed by atoms with Crippen molar-refractivity contribution in [3.63, 3.8) is 0 Å². The molecule has 3 nitrogen and oxygen atoms in total. The predicted octanol–water partition coefficient (Wildman–Crippen LogP) is 3.71. The SMILES string of the molecule is CCC(C)Nc1ccccc1C(=O)OCC(C)C. The van der Waals surface area contributed by atoms with E-state index in [1.807, 2.05) is 32.0 Å². The van der Waals surface area contributed by atoms with Gasteiger partial charge in [-0.25, -0.2) is 4.79 Å². The van der Waals surface area contributed by atoms with Gasteiger partial charge in [-0.1, -0.05) is 32.9 Å². The fraction of sp³-hybridized carbons (Fsp3) is 0.533. The van der Waals surface area contributed by atoms with Crippen LogP contribution in [-0.2, 0) is 4.74 Å². The van der Waals surface area contributed by atoms with Gasteiger partial charge in [0.1, 0.15) is 0 Å². The summed E-state index contributed by atoms with van der Waals surface area (Å²) in [4.78, 5) is 12.0. The van der Waals surface area contributed by atoms with Gasteiger partial charge in [0.2, 0.25) is 0 Å². The van der Waals surface area contributed by atoms with E-state index in [0.29, 0.717) is 24.1 Å². The average Bonchev–Trinajstić information content (AvgIpc) is 2.36. The van der Waals surface area contributed by atoms with Gasteiger partial charge in [0, 0.05) is 11.7 Å². The van der Waals surface area contributed by atoms with E-state index >= 15 is 0 Å². The van der Waals surface area contributed by atoms with Crippen LogP contribution in [0.1, 0.15) is 44.5 Å². The number of nitrogens with one attached hydrogen (secondary N) is 1. The van der Waals surface area contributed by atoms with E-state index < -0.39 is 0 Å². The molecule has 0 heterocycles. The molecule has 0 radical (unpaired) electrons. The van der Waals surface area contributed by atoms with Gasteiger partial charge in [0.05, 0.1) is 12.2 Å². The first-order valence-electron chi connectivity index (χ1n) is 6.57. The average molecular weight is 249 g/mol. The zero-order chi connectivity index (χ0) is 13.5. The summed E-state index contributed by atoms with van der Waals surface area (Å²) in [5, 5.41) is 3.33. The third kappa shape index (κ3) is 4.40. The third-order valence-electron chi connectivity index (χ3n) is 2.71. The summed E-state index contributed by atoms with van der Waals surface area (Å²) in [7, 11) is 0. The Balaban J connectivity index is 2.77. The molecule has 18 heavy (non-hydrogen) atoms. The molecule has 0 amide bonds. The Bertz CT molecular complexity index is 388. The number of benzene rings is 1. The van der Waals surface area contributed by atoms with Gasteiger partial charge in [-0.2, -0.15) is 0 Å². The van der Waals surface area contributed by atoms with Crippen LogP contribution in [0, 0.1) is 5.92 Å². The van der Waals surface area contributed by atoms with E-state index in [0.717, 1.165) is 12.1 Å². The topological polar surface area (TPSA) is 38.3 Å². The van der Waals surface area contributed by atoms with Crippen LogP contribution >= 0.6 is 0 Å². The van der Waals surface area contributed by atoms with Gasteiger partial charge in [-0.15, -0.1) is 0 Å². The summed E-state index contributed by atoms with van der Waals surface area (Å²) in [5.74, 6) is 0.0961. The maximum absolute atomic E-state index is 12.0. The molecule has 0 spiro atoms. The predicted molar refractivity (Wildman–Crippen MR) is 74.9 cm³/mol. The Morgan fingerprint density at radius 2 is 1.94 bits per heavy atom. The van der Waals surface area contributed by atoms with Crippen molar-refractivity contribution in [3.8, 4) is 0 Å². The standard InChI is InChI=1S/C15H23NO2/c1-5-12(4)16-14-9-7-6-8-13(14)15(17)18-10-11(2)3/h6-9,11-12,16H,5,10H2,1-4H3. The third-order valence-corrected chi connectivity index (χ3v) is 2.71. The van der Waals surface area contributed by atoms with E-state index in [-0.39, 0.29) is 5.97 Å². The molecule has 3 heteroatoms. The Kier molecular flexibility index (Phi) is 5.69. The van der Waals surface area contributed by atoms with Crippen molar-refractivity contribution >= 4 is 11.7 Å². The van der Waals surface area contributed by atoms with Gasteiger partial charge >= 0.3 is 5.97 Å². The largest absolute Gasteiger partial charge is 0.462 e. The summed E-state index contributed by atoms with van der Waals surface area (Å²) in [6.07, 6.45) is 1.01. The number of ether oxygens (including phenoxy) is 1. The highest BCUT2D eigenvalue weighted by Gasteiger charge is 2.13. The lowest BCUT2D eigenvalue weighted by atomic mass is 10.1. The van der Waals surface area contributed by atoms with E-state index in [4.69, 9.17) is 4.74 Å². The van der Waals surface area contributed by atoms with Crippen LogP contribution in [0.2, 0.25) is 0 Å². The van der Waals surface area contributed by atoms with Crippen molar-refractivity contribution in [3.05, 3.63) is 29.8 Å². The number of carbonyl (C=O) groups excluding carboxylic acids is 1. The van der Waals surface area contributed by atoms with Gasteiger partial charge in [-0.3, -0.25) is 0 Å². The van der Waals surface area contributed by atoms with Crippen molar-refractivity contribution in [2.24, 2.45) is 5.92 Å². The first kappa shape index (κ1) is 14.6. The summed E-state index contributed by atoms with van der Waals surface area (Å²) in [6.45, 7) is 8.71. The second-order valence-electron chi connectivity index (χ2n) is 4.99. The van der Waals surface area contributed by atoms with Crippen molar-refractivity contribution in [1.82, 2.24) is 0 Å². The summed E-state index contributed by atoms with van der Waals surface area (Å²) >= 11 is 0. The van der Waals surface area contributed by atoms with E-state index in [1.54, 1.807) is 6.07 Å². The van der Waals surface area contributed by atoms with Crippen LogP contribution in [0.3, 0.4) is 0 Å². The van der Waals surface area contributed by atoms with Crippen LogP contribution in [0.5, 0.6) is 0 Å². The first-order chi connectivity index (χ1) is 8.54. The fourth-order valence-electron chi connectivity index (χ4n) is 1.47. The van der Waals surface area contributed by atoms with Crippen molar-refractivity contribution in [2.45, 2.75) is 40.2 Å². The van der Waals surface area contributed by atoms with Gasteiger partial charge in [0.25, 0.3) is 0 Å². The number of esters is 1. The van der Waals surface area contributed by atoms with Crippen LogP contribution in [0.4, 0.5) is 5.69 Å². The quantitative estimate of drug-likeness (QED) is 0.781. The molecule has 0 aliphatic carbocycles.